The normalized spacial score (nSPS) is 11.7. The molecule has 96 valence electrons. The molecule has 0 bridgehead atoms. The van der Waals surface area contributed by atoms with Gasteiger partial charge in [-0.1, -0.05) is 0 Å². The molecular weight excluding hydrogens is 255 g/mol. The average molecular weight is 268 g/mol. The molecule has 0 N–H and O–H groups in total. The van der Waals surface area contributed by atoms with Crippen molar-refractivity contribution >= 4 is 9.84 Å². The molecule has 18 heavy (non-hydrogen) atoms. The lowest BCUT2D eigenvalue weighted by molar-refractivity contribution is 0.592. The van der Waals surface area contributed by atoms with E-state index in [1.807, 2.05) is 0 Å². The quantitative estimate of drug-likeness (QED) is 0.791. The predicted molar refractivity (Wildman–Crippen MR) is 65.4 cm³/mol. The molecule has 0 spiro atoms. The molecule has 0 atom stereocenters. The van der Waals surface area contributed by atoms with Gasteiger partial charge in [0.25, 0.3) is 0 Å². The van der Waals surface area contributed by atoms with Crippen molar-refractivity contribution in [3.8, 4) is 0 Å². The zero-order chi connectivity index (χ0) is 13.2. The Morgan fingerprint density at radius 2 is 1.89 bits per heavy atom. The van der Waals surface area contributed by atoms with Gasteiger partial charge in [-0.3, -0.25) is 4.68 Å². The van der Waals surface area contributed by atoms with Gasteiger partial charge in [0.2, 0.25) is 0 Å². The number of aromatic nitrogens is 2. The van der Waals surface area contributed by atoms with E-state index in [2.05, 4.69) is 5.10 Å². The maximum absolute atomic E-state index is 12.7. The van der Waals surface area contributed by atoms with E-state index in [1.165, 1.54) is 12.1 Å². The third-order valence-corrected chi connectivity index (χ3v) is 4.45. The fraction of sp³-hybridized carbons (Fsp3) is 0.250. The third kappa shape index (κ3) is 2.76. The Hall–Kier alpha value is -1.69. The summed E-state index contributed by atoms with van der Waals surface area (Å²) in [6.07, 6.45) is 2.01. The van der Waals surface area contributed by atoms with Gasteiger partial charge in [-0.25, -0.2) is 12.8 Å². The largest absolute Gasteiger partial charge is 0.273 e. The minimum atomic E-state index is -3.38. The molecule has 1 aromatic carbocycles. The van der Waals surface area contributed by atoms with Crippen LogP contribution < -0.4 is 0 Å². The molecule has 2 aromatic rings. The number of rotatable bonds is 4. The van der Waals surface area contributed by atoms with Gasteiger partial charge in [0, 0.05) is 25.4 Å². The Kier molecular flexibility index (Phi) is 3.47. The second-order valence-corrected chi connectivity index (χ2v) is 6.08. The van der Waals surface area contributed by atoms with Crippen LogP contribution >= 0.6 is 0 Å². The van der Waals surface area contributed by atoms with Crippen LogP contribution in [0.2, 0.25) is 0 Å². The summed E-state index contributed by atoms with van der Waals surface area (Å²) in [6.45, 7) is 0. The number of aryl methyl sites for hydroxylation is 2. The Morgan fingerprint density at radius 1 is 1.22 bits per heavy atom. The van der Waals surface area contributed by atoms with E-state index in [0.717, 1.165) is 17.8 Å². The minimum absolute atomic E-state index is 0.0157. The highest BCUT2D eigenvalue weighted by atomic mass is 32.2. The van der Waals surface area contributed by atoms with Crippen molar-refractivity contribution < 1.29 is 12.8 Å². The molecule has 0 aliphatic rings. The molecule has 0 unspecified atom stereocenters. The Labute approximate surface area is 105 Å². The number of halogens is 1. The summed E-state index contributed by atoms with van der Waals surface area (Å²) < 4.78 is 38.4. The van der Waals surface area contributed by atoms with E-state index < -0.39 is 15.7 Å². The van der Waals surface area contributed by atoms with Crippen LogP contribution in [0, 0.1) is 5.82 Å². The van der Waals surface area contributed by atoms with Gasteiger partial charge < -0.3 is 0 Å². The standard InChI is InChI=1S/C12H13FN2O2S/c1-15-11(6-8-14-15)7-9-18(16,17)12-4-2-10(13)3-5-12/h2-6,8H,7,9H2,1H3. The molecule has 0 aliphatic heterocycles. The van der Waals surface area contributed by atoms with Gasteiger partial charge in [-0.15, -0.1) is 0 Å². The van der Waals surface area contributed by atoms with Crippen molar-refractivity contribution in [1.29, 1.82) is 0 Å². The van der Waals surface area contributed by atoms with E-state index in [0.29, 0.717) is 6.42 Å². The van der Waals surface area contributed by atoms with E-state index in [9.17, 15) is 12.8 Å². The molecule has 1 aromatic heterocycles. The smallest absolute Gasteiger partial charge is 0.178 e. The fourth-order valence-electron chi connectivity index (χ4n) is 1.65. The van der Waals surface area contributed by atoms with Crippen LogP contribution in [0.3, 0.4) is 0 Å². The van der Waals surface area contributed by atoms with Crippen molar-refractivity contribution in [3.63, 3.8) is 0 Å². The highest BCUT2D eigenvalue weighted by Crippen LogP contribution is 2.13. The number of hydrogen-bond acceptors (Lipinski definition) is 3. The first kappa shape index (κ1) is 12.8. The van der Waals surface area contributed by atoms with Crippen LogP contribution in [-0.2, 0) is 23.3 Å². The highest BCUT2D eigenvalue weighted by Gasteiger charge is 2.15. The summed E-state index contributed by atoms with van der Waals surface area (Å²) in [7, 11) is -1.61. The lowest BCUT2D eigenvalue weighted by atomic mass is 10.3. The van der Waals surface area contributed by atoms with Crippen LogP contribution in [0.4, 0.5) is 4.39 Å². The van der Waals surface area contributed by atoms with Crippen LogP contribution in [0.15, 0.2) is 41.4 Å². The molecule has 0 saturated carbocycles. The first-order chi connectivity index (χ1) is 8.49. The number of sulfone groups is 1. The summed E-state index contributed by atoms with van der Waals surface area (Å²) in [5.74, 6) is -0.460. The maximum Gasteiger partial charge on any atom is 0.178 e. The summed E-state index contributed by atoms with van der Waals surface area (Å²) in [5, 5.41) is 3.97. The second kappa shape index (κ2) is 4.89. The summed E-state index contributed by atoms with van der Waals surface area (Å²) in [6, 6.07) is 6.65. The summed E-state index contributed by atoms with van der Waals surface area (Å²) in [4.78, 5) is 0.145. The van der Waals surface area contributed by atoms with Crippen molar-refractivity contribution in [2.45, 2.75) is 11.3 Å². The molecule has 0 radical (unpaired) electrons. The Balaban J connectivity index is 2.13. The molecule has 0 fully saturated rings. The Bertz CT molecular complexity index is 632. The SMILES string of the molecule is Cn1nccc1CCS(=O)(=O)c1ccc(F)cc1. The van der Waals surface area contributed by atoms with Crippen LogP contribution in [-0.4, -0.2) is 24.0 Å². The van der Waals surface area contributed by atoms with Crippen LogP contribution in [0.25, 0.3) is 0 Å². The molecule has 2 rings (SSSR count). The van der Waals surface area contributed by atoms with Gasteiger partial charge in [-0.05, 0) is 30.3 Å². The number of nitrogens with zero attached hydrogens (tertiary/aromatic N) is 2. The van der Waals surface area contributed by atoms with Crippen LogP contribution in [0.1, 0.15) is 5.69 Å². The molecule has 6 heteroatoms. The maximum atomic E-state index is 12.7. The first-order valence-electron chi connectivity index (χ1n) is 5.44. The molecule has 1 heterocycles. The lowest BCUT2D eigenvalue weighted by Gasteiger charge is -2.05. The minimum Gasteiger partial charge on any atom is -0.273 e. The highest BCUT2D eigenvalue weighted by molar-refractivity contribution is 7.91. The van der Waals surface area contributed by atoms with Gasteiger partial charge in [0.05, 0.1) is 10.6 Å². The Morgan fingerprint density at radius 3 is 2.44 bits per heavy atom. The zero-order valence-electron chi connectivity index (χ0n) is 9.88. The van der Waals surface area contributed by atoms with Crippen molar-refractivity contribution in [1.82, 2.24) is 9.78 Å². The topological polar surface area (TPSA) is 52.0 Å². The molecule has 4 nitrogen and oxygen atoms in total. The van der Waals surface area contributed by atoms with E-state index in [1.54, 1.807) is 24.0 Å². The fourth-order valence-corrected chi connectivity index (χ4v) is 2.91. The van der Waals surface area contributed by atoms with Crippen molar-refractivity contribution in [2.75, 3.05) is 5.75 Å². The van der Waals surface area contributed by atoms with Crippen molar-refractivity contribution in [2.24, 2.45) is 7.05 Å². The molecular formula is C12H13FN2O2S. The van der Waals surface area contributed by atoms with Gasteiger partial charge in [0.15, 0.2) is 9.84 Å². The molecule has 0 amide bonds. The van der Waals surface area contributed by atoms with Gasteiger partial charge >= 0.3 is 0 Å². The van der Waals surface area contributed by atoms with E-state index in [-0.39, 0.29) is 10.6 Å². The number of hydrogen-bond donors (Lipinski definition) is 0. The summed E-state index contributed by atoms with van der Waals surface area (Å²) in [5.41, 5.74) is 0.848. The third-order valence-electron chi connectivity index (χ3n) is 2.72. The second-order valence-electron chi connectivity index (χ2n) is 3.97. The number of benzene rings is 1. The predicted octanol–water partition coefficient (Wildman–Crippen LogP) is 1.58. The summed E-state index contributed by atoms with van der Waals surface area (Å²) >= 11 is 0. The lowest BCUT2D eigenvalue weighted by Crippen LogP contribution is -2.11. The van der Waals surface area contributed by atoms with E-state index in [4.69, 9.17) is 0 Å². The molecule has 0 saturated heterocycles. The first-order valence-corrected chi connectivity index (χ1v) is 7.09. The van der Waals surface area contributed by atoms with Crippen LogP contribution in [0.5, 0.6) is 0 Å². The monoisotopic (exact) mass is 268 g/mol. The van der Waals surface area contributed by atoms with E-state index >= 15 is 0 Å². The van der Waals surface area contributed by atoms with Gasteiger partial charge in [0.1, 0.15) is 5.82 Å². The van der Waals surface area contributed by atoms with Crippen molar-refractivity contribution in [3.05, 3.63) is 48.0 Å². The van der Waals surface area contributed by atoms with Gasteiger partial charge in [-0.2, -0.15) is 5.10 Å². The zero-order valence-corrected chi connectivity index (χ0v) is 10.7. The average Bonchev–Trinajstić information content (AvgIpc) is 2.73. The molecule has 0 aliphatic carbocycles.